The monoisotopic (exact) mass is 246 g/mol. The van der Waals surface area contributed by atoms with Crippen LogP contribution in [0.1, 0.15) is 30.0 Å². The zero-order chi connectivity index (χ0) is 12.5. The molecule has 1 saturated heterocycles. The van der Waals surface area contributed by atoms with Crippen molar-refractivity contribution in [1.82, 2.24) is 4.90 Å². The normalized spacial score (nSPS) is 27.9. The van der Waals surface area contributed by atoms with Crippen molar-refractivity contribution < 1.29 is 4.74 Å². The summed E-state index contributed by atoms with van der Waals surface area (Å²) in [6.07, 6.45) is 3.48. The van der Waals surface area contributed by atoms with Gasteiger partial charge in [-0.25, -0.2) is 0 Å². The predicted octanol–water partition coefficient (Wildman–Crippen LogP) is 1.96. The zero-order valence-corrected chi connectivity index (χ0v) is 11.1. The Balaban J connectivity index is 1.84. The average molecular weight is 246 g/mol. The number of benzene rings is 1. The highest BCUT2D eigenvalue weighted by Crippen LogP contribution is 2.36. The number of ether oxygens (including phenoxy) is 1. The maximum atomic E-state index is 5.80. The highest BCUT2D eigenvalue weighted by Gasteiger charge is 2.30. The molecular formula is C15H22N2O. The molecule has 18 heavy (non-hydrogen) atoms. The molecule has 2 aliphatic rings. The summed E-state index contributed by atoms with van der Waals surface area (Å²) < 4.78 is 5.68. The molecule has 2 heterocycles. The van der Waals surface area contributed by atoms with E-state index in [4.69, 9.17) is 10.5 Å². The van der Waals surface area contributed by atoms with Gasteiger partial charge >= 0.3 is 0 Å². The van der Waals surface area contributed by atoms with E-state index in [9.17, 15) is 0 Å². The molecule has 0 radical (unpaired) electrons. The minimum absolute atomic E-state index is 0.533. The third kappa shape index (κ3) is 2.13. The van der Waals surface area contributed by atoms with Crippen LogP contribution in [-0.4, -0.2) is 31.6 Å². The topological polar surface area (TPSA) is 38.5 Å². The molecule has 1 aromatic carbocycles. The molecule has 2 aliphatic heterocycles. The molecule has 2 N–H and O–H groups in total. The highest BCUT2D eigenvalue weighted by molar-refractivity contribution is 5.39. The molecule has 0 amide bonds. The van der Waals surface area contributed by atoms with E-state index in [-0.39, 0.29) is 0 Å². The molecule has 1 fully saturated rings. The van der Waals surface area contributed by atoms with Crippen molar-refractivity contribution >= 4 is 0 Å². The van der Waals surface area contributed by atoms with Crippen LogP contribution in [0.2, 0.25) is 0 Å². The van der Waals surface area contributed by atoms with Gasteiger partial charge in [-0.15, -0.1) is 0 Å². The lowest BCUT2D eigenvalue weighted by molar-refractivity contribution is 0.286. The number of likely N-dealkylation sites (tertiary alicyclic amines) is 1. The molecule has 0 aromatic heterocycles. The van der Waals surface area contributed by atoms with Crippen LogP contribution >= 0.6 is 0 Å². The number of rotatable bonds is 2. The Morgan fingerprint density at radius 1 is 1.44 bits per heavy atom. The first-order valence-corrected chi connectivity index (χ1v) is 6.94. The standard InChI is InChI=1S/C15H22N2O/c1-17-10-11(9-16)7-14(17)12-4-5-15-13(8-12)3-2-6-18-15/h4-5,8,11,14H,2-3,6-7,9-10,16H2,1H3. The van der Waals surface area contributed by atoms with Gasteiger partial charge in [0, 0.05) is 12.6 Å². The number of hydrogen-bond acceptors (Lipinski definition) is 3. The summed E-state index contributed by atoms with van der Waals surface area (Å²) in [5.41, 5.74) is 8.61. The fourth-order valence-corrected chi connectivity index (χ4v) is 3.25. The zero-order valence-electron chi connectivity index (χ0n) is 11.1. The van der Waals surface area contributed by atoms with E-state index in [0.29, 0.717) is 12.0 Å². The van der Waals surface area contributed by atoms with Gasteiger partial charge in [-0.3, -0.25) is 4.90 Å². The van der Waals surface area contributed by atoms with E-state index >= 15 is 0 Å². The summed E-state index contributed by atoms with van der Waals surface area (Å²) in [4.78, 5) is 2.43. The molecule has 3 nitrogen and oxygen atoms in total. The molecule has 2 unspecified atom stereocenters. The fraction of sp³-hybridized carbons (Fsp3) is 0.600. The first kappa shape index (κ1) is 12.0. The van der Waals surface area contributed by atoms with Crippen molar-refractivity contribution in [3.05, 3.63) is 29.3 Å². The van der Waals surface area contributed by atoms with Gasteiger partial charge in [-0.1, -0.05) is 12.1 Å². The number of hydrogen-bond donors (Lipinski definition) is 1. The van der Waals surface area contributed by atoms with Crippen molar-refractivity contribution in [2.45, 2.75) is 25.3 Å². The van der Waals surface area contributed by atoms with Gasteiger partial charge in [-0.05, 0) is 56.0 Å². The first-order chi connectivity index (χ1) is 8.78. The molecule has 2 atom stereocenters. The Hall–Kier alpha value is -1.06. The Bertz CT molecular complexity index is 433. The van der Waals surface area contributed by atoms with E-state index in [1.54, 1.807) is 0 Å². The SMILES string of the molecule is CN1CC(CN)CC1c1ccc2c(c1)CCCO2. The molecule has 1 aromatic rings. The summed E-state index contributed by atoms with van der Waals surface area (Å²) in [5, 5.41) is 0. The summed E-state index contributed by atoms with van der Waals surface area (Å²) in [7, 11) is 2.20. The summed E-state index contributed by atoms with van der Waals surface area (Å²) in [5.74, 6) is 1.73. The molecule has 0 aliphatic carbocycles. The second kappa shape index (κ2) is 4.90. The second-order valence-electron chi connectivity index (χ2n) is 5.61. The Morgan fingerprint density at radius 3 is 3.11 bits per heavy atom. The Labute approximate surface area is 109 Å². The van der Waals surface area contributed by atoms with Crippen LogP contribution in [0.15, 0.2) is 18.2 Å². The van der Waals surface area contributed by atoms with Gasteiger partial charge in [0.25, 0.3) is 0 Å². The minimum atomic E-state index is 0.533. The molecule has 3 heteroatoms. The van der Waals surface area contributed by atoms with Gasteiger partial charge in [-0.2, -0.15) is 0 Å². The Morgan fingerprint density at radius 2 is 2.33 bits per heavy atom. The predicted molar refractivity (Wildman–Crippen MR) is 72.8 cm³/mol. The van der Waals surface area contributed by atoms with Crippen LogP contribution in [0, 0.1) is 5.92 Å². The quantitative estimate of drug-likeness (QED) is 0.867. The fourth-order valence-electron chi connectivity index (χ4n) is 3.25. The van der Waals surface area contributed by atoms with Crippen LogP contribution in [0.3, 0.4) is 0 Å². The van der Waals surface area contributed by atoms with Crippen molar-refractivity contribution in [2.75, 3.05) is 26.7 Å². The minimum Gasteiger partial charge on any atom is -0.493 e. The summed E-state index contributed by atoms with van der Waals surface area (Å²) in [6, 6.07) is 7.25. The van der Waals surface area contributed by atoms with Crippen LogP contribution in [0.5, 0.6) is 5.75 Å². The van der Waals surface area contributed by atoms with Gasteiger partial charge in [0.1, 0.15) is 5.75 Å². The van der Waals surface area contributed by atoms with Crippen LogP contribution in [0.25, 0.3) is 0 Å². The maximum Gasteiger partial charge on any atom is 0.122 e. The highest BCUT2D eigenvalue weighted by atomic mass is 16.5. The average Bonchev–Trinajstić information content (AvgIpc) is 2.79. The Kier molecular flexibility index (Phi) is 3.27. The maximum absolute atomic E-state index is 5.80. The van der Waals surface area contributed by atoms with Crippen molar-refractivity contribution in [1.29, 1.82) is 0 Å². The molecule has 98 valence electrons. The number of nitrogens with two attached hydrogens (primary N) is 1. The van der Waals surface area contributed by atoms with E-state index in [2.05, 4.69) is 30.1 Å². The van der Waals surface area contributed by atoms with Gasteiger partial charge in [0.05, 0.1) is 6.61 Å². The molecular weight excluding hydrogens is 224 g/mol. The van der Waals surface area contributed by atoms with Gasteiger partial charge in [0.15, 0.2) is 0 Å². The summed E-state index contributed by atoms with van der Waals surface area (Å²) in [6.45, 7) is 2.79. The lowest BCUT2D eigenvalue weighted by Crippen LogP contribution is -2.20. The van der Waals surface area contributed by atoms with Crippen molar-refractivity contribution in [3.8, 4) is 5.75 Å². The molecule has 0 saturated carbocycles. The smallest absolute Gasteiger partial charge is 0.122 e. The van der Waals surface area contributed by atoms with E-state index in [1.807, 2.05) is 0 Å². The molecule has 0 bridgehead atoms. The van der Waals surface area contributed by atoms with Gasteiger partial charge < -0.3 is 10.5 Å². The number of aryl methyl sites for hydroxylation is 1. The van der Waals surface area contributed by atoms with E-state index in [0.717, 1.165) is 38.3 Å². The molecule has 3 rings (SSSR count). The largest absolute Gasteiger partial charge is 0.493 e. The number of fused-ring (bicyclic) bond motifs is 1. The summed E-state index contributed by atoms with van der Waals surface area (Å²) >= 11 is 0. The lowest BCUT2D eigenvalue weighted by atomic mass is 9.96. The van der Waals surface area contributed by atoms with Gasteiger partial charge in [0.2, 0.25) is 0 Å². The van der Waals surface area contributed by atoms with Crippen LogP contribution in [0.4, 0.5) is 0 Å². The second-order valence-corrected chi connectivity index (χ2v) is 5.61. The van der Waals surface area contributed by atoms with Crippen molar-refractivity contribution in [2.24, 2.45) is 11.7 Å². The first-order valence-electron chi connectivity index (χ1n) is 6.94. The third-order valence-corrected chi connectivity index (χ3v) is 4.29. The lowest BCUT2D eigenvalue weighted by Gasteiger charge is -2.23. The van der Waals surface area contributed by atoms with E-state index in [1.165, 1.54) is 17.5 Å². The molecule has 0 spiro atoms. The van der Waals surface area contributed by atoms with Crippen LogP contribution in [-0.2, 0) is 6.42 Å². The van der Waals surface area contributed by atoms with Crippen molar-refractivity contribution in [3.63, 3.8) is 0 Å². The number of nitrogens with zero attached hydrogens (tertiary/aromatic N) is 1. The third-order valence-electron chi connectivity index (χ3n) is 4.29. The van der Waals surface area contributed by atoms with E-state index < -0.39 is 0 Å². The van der Waals surface area contributed by atoms with Crippen LogP contribution < -0.4 is 10.5 Å².